The maximum Gasteiger partial charge on any atom is 0.205 e. The average Bonchev–Trinajstić information content (AvgIpc) is 3.46. The van der Waals surface area contributed by atoms with Gasteiger partial charge in [-0.1, -0.05) is 23.9 Å². The Morgan fingerprint density at radius 2 is 2.17 bits per heavy atom. The van der Waals surface area contributed by atoms with Crippen LogP contribution in [0.3, 0.4) is 0 Å². The first-order valence-electron chi connectivity index (χ1n) is 9.26. The van der Waals surface area contributed by atoms with Gasteiger partial charge >= 0.3 is 0 Å². The topological polar surface area (TPSA) is 72.7 Å². The minimum atomic E-state index is -1.01. The molecule has 0 amide bonds. The van der Waals surface area contributed by atoms with Gasteiger partial charge in [-0.25, -0.2) is 13.6 Å². The highest BCUT2D eigenvalue weighted by Crippen LogP contribution is 2.66. The summed E-state index contributed by atoms with van der Waals surface area (Å²) in [5.41, 5.74) is 6.08. The van der Waals surface area contributed by atoms with Crippen molar-refractivity contribution in [2.45, 2.75) is 30.6 Å². The Morgan fingerprint density at radius 1 is 1.40 bits per heavy atom. The molecule has 1 aliphatic carbocycles. The van der Waals surface area contributed by atoms with Crippen LogP contribution in [-0.2, 0) is 10.3 Å². The smallest absolute Gasteiger partial charge is 0.205 e. The van der Waals surface area contributed by atoms with E-state index >= 15 is 0 Å². The summed E-state index contributed by atoms with van der Waals surface area (Å²) < 4.78 is 28.8. The van der Waals surface area contributed by atoms with E-state index in [2.05, 4.69) is 14.8 Å². The van der Waals surface area contributed by atoms with Crippen molar-refractivity contribution in [3.05, 3.63) is 70.6 Å². The number of pyridine rings is 1. The summed E-state index contributed by atoms with van der Waals surface area (Å²) in [6.07, 6.45) is 3.11. The standard InChI is InChI=1S/C22H18F2N4OS/c1-12(29)22-10-19(22)21(2,28-20(25)30-22)15-8-13(4-6-16(15)23)9-17(24)18-7-5-14(26-3)11-27-18/h4-9,11,19H,10H2,1-2H3,(H2,25,28)/b17-9-/t19-,21+,22+/m0/s1. The number of fused-ring (bicyclic) bond motifs is 1. The zero-order chi connectivity index (χ0) is 21.7. The molecule has 0 bridgehead atoms. The van der Waals surface area contributed by atoms with Gasteiger partial charge in [0, 0.05) is 17.7 Å². The number of Topliss-reactive ketones (excluding diaryl/α,β-unsaturated/α-hetero) is 1. The number of halogens is 2. The van der Waals surface area contributed by atoms with Crippen molar-refractivity contribution in [1.29, 1.82) is 0 Å². The van der Waals surface area contributed by atoms with Crippen molar-refractivity contribution < 1.29 is 13.6 Å². The van der Waals surface area contributed by atoms with Crippen LogP contribution in [0.5, 0.6) is 0 Å². The highest BCUT2D eigenvalue weighted by Gasteiger charge is 2.69. The van der Waals surface area contributed by atoms with Crippen LogP contribution in [0.25, 0.3) is 16.7 Å². The second-order valence-electron chi connectivity index (χ2n) is 7.65. The van der Waals surface area contributed by atoms with Crippen molar-refractivity contribution in [1.82, 2.24) is 4.98 Å². The van der Waals surface area contributed by atoms with Crippen molar-refractivity contribution in [2.24, 2.45) is 16.6 Å². The molecule has 0 saturated heterocycles. The zero-order valence-electron chi connectivity index (χ0n) is 16.3. The number of aliphatic imine (C=N–C) groups is 1. The summed E-state index contributed by atoms with van der Waals surface area (Å²) in [4.78, 5) is 23.9. The maximum atomic E-state index is 14.8. The fraction of sp³-hybridized carbons (Fsp3) is 0.273. The number of nitrogens with zero attached hydrogens (tertiary/aromatic N) is 3. The fourth-order valence-corrected chi connectivity index (χ4v) is 5.44. The highest BCUT2D eigenvalue weighted by atomic mass is 32.2. The van der Waals surface area contributed by atoms with E-state index < -0.39 is 21.9 Å². The van der Waals surface area contributed by atoms with Crippen LogP contribution in [0.1, 0.15) is 37.1 Å². The van der Waals surface area contributed by atoms with E-state index in [4.69, 9.17) is 12.3 Å². The van der Waals surface area contributed by atoms with Gasteiger partial charge in [-0.15, -0.1) is 0 Å². The molecule has 152 valence electrons. The monoisotopic (exact) mass is 424 g/mol. The number of carbonyl (C=O) groups is 1. The van der Waals surface area contributed by atoms with Gasteiger partial charge in [0.05, 0.1) is 22.6 Å². The third-order valence-corrected chi connectivity index (χ3v) is 7.17. The molecule has 2 aliphatic rings. The second kappa shape index (κ2) is 7.03. The number of hydrogen-bond acceptors (Lipinski definition) is 5. The molecule has 8 heteroatoms. The lowest BCUT2D eigenvalue weighted by atomic mass is 9.84. The van der Waals surface area contributed by atoms with Crippen molar-refractivity contribution in [2.75, 3.05) is 0 Å². The van der Waals surface area contributed by atoms with E-state index in [-0.39, 0.29) is 28.1 Å². The number of rotatable bonds is 4. The summed E-state index contributed by atoms with van der Waals surface area (Å²) in [6.45, 7) is 10.2. The number of aromatic nitrogens is 1. The molecule has 5 nitrogen and oxygen atoms in total. The Hall–Kier alpha value is -3.05. The number of ketones is 1. The van der Waals surface area contributed by atoms with Gasteiger partial charge in [-0.2, -0.15) is 0 Å². The molecule has 2 aromatic rings. The molecule has 2 heterocycles. The summed E-state index contributed by atoms with van der Waals surface area (Å²) in [5.74, 6) is -1.28. The molecule has 0 unspecified atom stereocenters. The number of benzene rings is 1. The average molecular weight is 424 g/mol. The fourth-order valence-electron chi connectivity index (χ4n) is 4.07. The van der Waals surface area contributed by atoms with Gasteiger partial charge in [-0.05, 0) is 50.1 Å². The highest BCUT2D eigenvalue weighted by molar-refractivity contribution is 8.15. The Balaban J connectivity index is 1.73. The van der Waals surface area contributed by atoms with E-state index in [0.717, 1.165) is 0 Å². The Kier molecular flexibility index (Phi) is 4.74. The molecule has 3 atom stereocenters. The van der Waals surface area contributed by atoms with Crippen LogP contribution in [0.4, 0.5) is 14.5 Å². The van der Waals surface area contributed by atoms with E-state index in [0.29, 0.717) is 17.7 Å². The van der Waals surface area contributed by atoms with Gasteiger partial charge in [0.2, 0.25) is 5.69 Å². The summed E-state index contributed by atoms with van der Waals surface area (Å²) in [7, 11) is 0. The molecule has 4 rings (SSSR count). The molecule has 2 N–H and O–H groups in total. The lowest BCUT2D eigenvalue weighted by Gasteiger charge is -2.33. The lowest BCUT2D eigenvalue weighted by molar-refractivity contribution is -0.117. The van der Waals surface area contributed by atoms with Crippen LogP contribution >= 0.6 is 11.8 Å². The first-order valence-corrected chi connectivity index (χ1v) is 10.1. The predicted octanol–water partition coefficient (Wildman–Crippen LogP) is 4.86. The van der Waals surface area contributed by atoms with Crippen molar-refractivity contribution in [3.63, 3.8) is 0 Å². The third-order valence-electron chi connectivity index (χ3n) is 5.76. The molecule has 1 aliphatic heterocycles. The summed E-state index contributed by atoms with van der Waals surface area (Å²) in [6, 6.07) is 7.16. The van der Waals surface area contributed by atoms with E-state index in [1.807, 2.05) is 0 Å². The lowest BCUT2D eigenvalue weighted by Crippen LogP contribution is -2.38. The Morgan fingerprint density at radius 3 is 2.80 bits per heavy atom. The van der Waals surface area contributed by atoms with Crippen LogP contribution < -0.4 is 5.73 Å². The molecule has 1 aromatic carbocycles. The van der Waals surface area contributed by atoms with Crippen molar-refractivity contribution >= 4 is 40.3 Å². The first-order chi connectivity index (χ1) is 14.2. The maximum absolute atomic E-state index is 14.8. The number of thioether (sulfide) groups is 1. The third kappa shape index (κ3) is 3.19. The van der Waals surface area contributed by atoms with Gasteiger partial charge in [0.1, 0.15) is 17.4 Å². The molecule has 1 fully saturated rings. The van der Waals surface area contributed by atoms with Crippen LogP contribution in [0, 0.1) is 18.3 Å². The molecule has 0 spiro atoms. The Labute approximate surface area is 176 Å². The van der Waals surface area contributed by atoms with Crippen LogP contribution in [-0.4, -0.2) is 20.7 Å². The molecule has 1 aromatic heterocycles. The predicted molar refractivity (Wildman–Crippen MR) is 114 cm³/mol. The molecular weight excluding hydrogens is 406 g/mol. The summed E-state index contributed by atoms with van der Waals surface area (Å²) in [5, 5.41) is 0.247. The van der Waals surface area contributed by atoms with Gasteiger partial charge in [-0.3, -0.25) is 14.8 Å². The molecule has 0 radical (unpaired) electrons. The van der Waals surface area contributed by atoms with Crippen LogP contribution in [0.15, 0.2) is 41.5 Å². The minimum absolute atomic E-state index is 0.00184. The largest absolute Gasteiger partial charge is 0.378 e. The van der Waals surface area contributed by atoms with E-state index in [1.54, 1.807) is 13.0 Å². The summed E-state index contributed by atoms with van der Waals surface area (Å²) >= 11 is 1.24. The minimum Gasteiger partial charge on any atom is -0.378 e. The van der Waals surface area contributed by atoms with E-state index in [9.17, 15) is 13.6 Å². The second-order valence-corrected chi connectivity index (χ2v) is 9.00. The number of amidine groups is 1. The Bertz CT molecular complexity index is 1150. The quantitative estimate of drug-likeness (QED) is 0.711. The number of carbonyl (C=O) groups excluding carboxylic acids is 1. The normalized spacial score (nSPS) is 27.6. The molecule has 30 heavy (non-hydrogen) atoms. The van der Waals surface area contributed by atoms with Crippen LogP contribution in [0.2, 0.25) is 0 Å². The number of nitrogens with two attached hydrogens (primary N) is 1. The van der Waals surface area contributed by atoms with Gasteiger partial charge in [0.15, 0.2) is 5.17 Å². The zero-order valence-corrected chi connectivity index (χ0v) is 17.1. The SMILES string of the molecule is [C-]#[N+]c1ccc(/C(F)=C/c2ccc(F)c([C@@]3(C)N=C(N)S[C@@]4(C(C)=O)C[C@H]43)c2)nc1. The molecule has 1 saturated carbocycles. The van der Waals surface area contributed by atoms with Gasteiger partial charge < -0.3 is 5.73 Å². The van der Waals surface area contributed by atoms with Gasteiger partial charge in [0.25, 0.3) is 0 Å². The molecular formula is C22H18F2N4OS. The van der Waals surface area contributed by atoms with Crippen molar-refractivity contribution in [3.8, 4) is 0 Å². The number of hydrogen-bond donors (Lipinski definition) is 1. The first kappa shape index (κ1) is 20.2. The van der Waals surface area contributed by atoms with E-state index in [1.165, 1.54) is 55.2 Å².